The highest BCUT2D eigenvalue weighted by molar-refractivity contribution is 5.76. The van der Waals surface area contributed by atoms with Crippen LogP contribution >= 0.6 is 0 Å². The van der Waals surface area contributed by atoms with Gasteiger partial charge in [-0.2, -0.15) is 10.2 Å². The van der Waals surface area contributed by atoms with Gasteiger partial charge >= 0.3 is 0 Å². The largest absolute Gasteiger partial charge is 0.352 e. The summed E-state index contributed by atoms with van der Waals surface area (Å²) in [5.41, 5.74) is 2.46. The molecule has 0 aliphatic heterocycles. The van der Waals surface area contributed by atoms with E-state index in [1.54, 1.807) is 4.52 Å². The summed E-state index contributed by atoms with van der Waals surface area (Å²) in [5.74, 6) is 0.900. The molecule has 8 heteroatoms. The lowest BCUT2D eigenvalue weighted by atomic mass is 9.85. The molecule has 2 fully saturated rings. The van der Waals surface area contributed by atoms with Crippen LogP contribution in [0.5, 0.6) is 0 Å². The molecule has 2 aliphatic carbocycles. The molecule has 2 aromatic heterocycles. The minimum Gasteiger partial charge on any atom is -0.352 e. The van der Waals surface area contributed by atoms with E-state index >= 15 is 0 Å². The summed E-state index contributed by atoms with van der Waals surface area (Å²) in [4.78, 5) is 27.7. The van der Waals surface area contributed by atoms with Gasteiger partial charge in [0.05, 0.1) is 5.69 Å². The molecule has 0 saturated heterocycles. The average Bonchev–Trinajstić information content (AvgIpc) is 3.47. The van der Waals surface area contributed by atoms with Gasteiger partial charge in [0.25, 0.3) is 5.56 Å². The van der Waals surface area contributed by atoms with E-state index in [9.17, 15) is 9.59 Å². The zero-order valence-electron chi connectivity index (χ0n) is 18.0. The number of rotatable bonds is 7. The maximum absolute atomic E-state index is 12.8. The van der Waals surface area contributed by atoms with Crippen molar-refractivity contribution < 1.29 is 4.79 Å². The molecule has 162 valence electrons. The van der Waals surface area contributed by atoms with Crippen molar-refractivity contribution >= 4 is 11.4 Å². The number of fused-ring (bicyclic) bond motifs is 1. The molecule has 1 N–H and O–H groups in total. The fraction of sp³-hybridized carbons (Fsp3) is 0.478. The lowest BCUT2D eigenvalue weighted by Crippen LogP contribution is -2.53. The van der Waals surface area contributed by atoms with Gasteiger partial charge in [-0.3, -0.25) is 14.5 Å². The molecule has 8 nitrogen and oxygen atoms in total. The number of aryl methyl sites for hydroxylation is 1. The van der Waals surface area contributed by atoms with Crippen LogP contribution in [0, 0.1) is 6.92 Å². The smallest absolute Gasteiger partial charge is 0.293 e. The monoisotopic (exact) mass is 420 g/mol. The minimum absolute atomic E-state index is 0.0683. The molecule has 2 heterocycles. The first kappa shape index (κ1) is 19.9. The Morgan fingerprint density at radius 2 is 1.94 bits per heavy atom. The Labute approximate surface area is 180 Å². The summed E-state index contributed by atoms with van der Waals surface area (Å²) < 4.78 is 2.86. The molecule has 2 aliphatic rings. The van der Waals surface area contributed by atoms with E-state index in [2.05, 4.69) is 51.7 Å². The standard InChI is InChI=1S/C23H28N6O2/c1-15-25-28(23(31)21-12-20(17-8-9-17)26-29(15)21)14-22(30)24-18-10-19(11-18)27(2)13-16-6-4-3-5-7-16/h3-7,12,17-19H,8-11,13-14H2,1-2H3,(H,24,30)/t18-,19-. The number of nitrogens with zero attached hydrogens (tertiary/aromatic N) is 5. The van der Waals surface area contributed by atoms with Crippen molar-refractivity contribution in [1.29, 1.82) is 0 Å². The van der Waals surface area contributed by atoms with E-state index in [0.29, 0.717) is 23.3 Å². The number of aromatic nitrogens is 4. The number of hydrogen-bond acceptors (Lipinski definition) is 5. The van der Waals surface area contributed by atoms with Gasteiger partial charge in [-0.25, -0.2) is 9.20 Å². The van der Waals surface area contributed by atoms with E-state index in [-0.39, 0.29) is 24.1 Å². The fourth-order valence-corrected chi connectivity index (χ4v) is 4.35. The molecular weight excluding hydrogens is 392 g/mol. The Morgan fingerprint density at radius 3 is 2.65 bits per heavy atom. The Hall–Kier alpha value is -3.00. The van der Waals surface area contributed by atoms with Crippen LogP contribution in [-0.4, -0.2) is 49.3 Å². The van der Waals surface area contributed by atoms with Crippen LogP contribution in [0.25, 0.3) is 5.52 Å². The first-order valence-electron chi connectivity index (χ1n) is 11.0. The zero-order valence-corrected chi connectivity index (χ0v) is 18.0. The molecule has 0 unspecified atom stereocenters. The van der Waals surface area contributed by atoms with Crippen LogP contribution < -0.4 is 10.9 Å². The summed E-state index contributed by atoms with van der Waals surface area (Å²) in [7, 11) is 2.12. The van der Waals surface area contributed by atoms with Crippen molar-refractivity contribution in [3.05, 3.63) is 63.8 Å². The second-order valence-electron chi connectivity index (χ2n) is 8.94. The van der Waals surface area contributed by atoms with Gasteiger partial charge in [-0.05, 0) is 51.3 Å². The fourth-order valence-electron chi connectivity index (χ4n) is 4.35. The van der Waals surface area contributed by atoms with Crippen LogP contribution in [0.1, 0.15) is 48.7 Å². The molecule has 0 radical (unpaired) electrons. The third-order valence-corrected chi connectivity index (χ3v) is 6.42. The van der Waals surface area contributed by atoms with Crippen LogP contribution in [-0.2, 0) is 17.9 Å². The van der Waals surface area contributed by atoms with Crippen molar-refractivity contribution in [2.75, 3.05) is 7.05 Å². The lowest BCUT2D eigenvalue weighted by molar-refractivity contribution is -0.123. The lowest BCUT2D eigenvalue weighted by Gasteiger charge is -2.41. The Kier molecular flexibility index (Phi) is 5.09. The molecule has 1 aromatic carbocycles. The maximum Gasteiger partial charge on any atom is 0.293 e. The van der Waals surface area contributed by atoms with Crippen LogP contribution in [0.15, 0.2) is 41.2 Å². The van der Waals surface area contributed by atoms with Gasteiger partial charge in [0.2, 0.25) is 5.91 Å². The molecule has 0 bridgehead atoms. The van der Waals surface area contributed by atoms with Gasteiger partial charge in [-0.1, -0.05) is 30.3 Å². The number of benzene rings is 1. The number of hydrogen-bond donors (Lipinski definition) is 1. The predicted octanol–water partition coefficient (Wildman–Crippen LogP) is 1.86. The maximum atomic E-state index is 12.8. The van der Waals surface area contributed by atoms with E-state index in [1.807, 2.05) is 19.1 Å². The molecule has 5 rings (SSSR count). The molecule has 2 saturated carbocycles. The Morgan fingerprint density at radius 1 is 1.19 bits per heavy atom. The SMILES string of the molecule is Cc1nn(CC(=O)N[C@H]2C[C@H](N(C)Cc3ccccc3)C2)c(=O)c2cc(C3CC3)nn12. The zero-order chi connectivity index (χ0) is 21.5. The third-order valence-electron chi connectivity index (χ3n) is 6.42. The molecule has 31 heavy (non-hydrogen) atoms. The van der Waals surface area contributed by atoms with Crippen molar-refractivity contribution in [3.8, 4) is 0 Å². The van der Waals surface area contributed by atoms with Gasteiger partial charge in [0.1, 0.15) is 17.9 Å². The average molecular weight is 421 g/mol. The number of amides is 1. The normalized spacial score (nSPS) is 20.7. The van der Waals surface area contributed by atoms with Crippen LogP contribution in [0.2, 0.25) is 0 Å². The second kappa shape index (κ2) is 7.92. The molecule has 1 amide bonds. The Balaban J connectivity index is 1.17. The van der Waals surface area contributed by atoms with E-state index in [0.717, 1.165) is 37.9 Å². The predicted molar refractivity (Wildman–Crippen MR) is 117 cm³/mol. The summed E-state index contributed by atoms with van der Waals surface area (Å²) in [6.45, 7) is 2.64. The first-order valence-corrected chi connectivity index (χ1v) is 11.0. The molecule has 3 aromatic rings. The molecule has 0 atom stereocenters. The topological polar surface area (TPSA) is 84.5 Å². The quantitative estimate of drug-likeness (QED) is 0.631. The minimum atomic E-state index is -0.269. The summed E-state index contributed by atoms with van der Waals surface area (Å²) in [5, 5.41) is 11.9. The highest BCUT2D eigenvalue weighted by Crippen LogP contribution is 2.39. The number of carbonyl (C=O) groups excluding carboxylic acids is 1. The third kappa shape index (κ3) is 4.12. The number of nitrogens with one attached hydrogen (secondary N) is 1. The highest BCUT2D eigenvalue weighted by Gasteiger charge is 2.33. The first-order chi connectivity index (χ1) is 15.0. The van der Waals surface area contributed by atoms with Crippen LogP contribution in [0.4, 0.5) is 0 Å². The summed E-state index contributed by atoms with van der Waals surface area (Å²) in [6.07, 6.45) is 4.08. The van der Waals surface area contributed by atoms with E-state index in [4.69, 9.17) is 0 Å². The van der Waals surface area contributed by atoms with Gasteiger partial charge in [0, 0.05) is 24.5 Å². The number of carbonyl (C=O) groups is 1. The van der Waals surface area contributed by atoms with Crippen molar-refractivity contribution in [3.63, 3.8) is 0 Å². The summed E-state index contributed by atoms with van der Waals surface area (Å²) in [6, 6.07) is 12.8. The summed E-state index contributed by atoms with van der Waals surface area (Å²) >= 11 is 0. The second-order valence-corrected chi connectivity index (χ2v) is 8.94. The van der Waals surface area contributed by atoms with Gasteiger partial charge < -0.3 is 5.32 Å². The van der Waals surface area contributed by atoms with Gasteiger partial charge in [-0.15, -0.1) is 0 Å². The van der Waals surface area contributed by atoms with E-state index < -0.39 is 0 Å². The molecular formula is C23H28N6O2. The molecule has 0 spiro atoms. The van der Waals surface area contributed by atoms with Gasteiger partial charge in [0.15, 0.2) is 0 Å². The highest BCUT2D eigenvalue weighted by atomic mass is 16.2. The van der Waals surface area contributed by atoms with Crippen molar-refractivity contribution in [2.45, 2.75) is 63.7 Å². The van der Waals surface area contributed by atoms with Crippen molar-refractivity contribution in [1.82, 2.24) is 29.6 Å². The van der Waals surface area contributed by atoms with E-state index in [1.165, 1.54) is 10.2 Å². The Bertz CT molecular complexity index is 1160. The van der Waals surface area contributed by atoms with Crippen LogP contribution in [0.3, 0.4) is 0 Å². The van der Waals surface area contributed by atoms with Crippen molar-refractivity contribution in [2.24, 2.45) is 0 Å².